The third-order valence-electron chi connectivity index (χ3n) is 3.61. The van der Waals surface area contributed by atoms with Gasteiger partial charge in [-0.25, -0.2) is 4.79 Å². The van der Waals surface area contributed by atoms with Crippen LogP contribution in [0.2, 0.25) is 0 Å². The fourth-order valence-electron chi connectivity index (χ4n) is 2.16. The summed E-state index contributed by atoms with van der Waals surface area (Å²) < 4.78 is 1.78. The number of nitrogens with one attached hydrogen (secondary N) is 1. The highest BCUT2D eigenvalue weighted by Gasteiger charge is 2.17. The van der Waals surface area contributed by atoms with Gasteiger partial charge in [0, 0.05) is 26.5 Å². The number of aromatic nitrogens is 3. The first-order valence-electron chi connectivity index (χ1n) is 6.89. The molecule has 1 N–H and O–H groups in total. The Morgan fingerprint density at radius 1 is 1.43 bits per heavy atom. The molecule has 1 atom stereocenters. The van der Waals surface area contributed by atoms with Gasteiger partial charge < -0.3 is 10.2 Å². The SMILES string of the molecule is Cc1cc(CNC(=O)N(C)C(C)c2ccncc2)n(C)n1. The third-order valence-corrected chi connectivity index (χ3v) is 3.61. The molecule has 2 amide bonds. The summed E-state index contributed by atoms with van der Waals surface area (Å²) in [5, 5.41) is 7.18. The molecule has 0 aliphatic heterocycles. The van der Waals surface area contributed by atoms with E-state index in [4.69, 9.17) is 0 Å². The predicted molar refractivity (Wildman–Crippen MR) is 80.6 cm³/mol. The zero-order valence-electron chi connectivity index (χ0n) is 12.9. The van der Waals surface area contributed by atoms with E-state index in [2.05, 4.69) is 15.4 Å². The lowest BCUT2D eigenvalue weighted by Crippen LogP contribution is -2.38. The quantitative estimate of drug-likeness (QED) is 0.936. The van der Waals surface area contributed by atoms with Gasteiger partial charge in [-0.2, -0.15) is 5.10 Å². The molecule has 0 aromatic carbocycles. The van der Waals surface area contributed by atoms with Crippen molar-refractivity contribution in [2.45, 2.75) is 26.4 Å². The minimum absolute atomic E-state index is 0.0127. The Morgan fingerprint density at radius 2 is 2.10 bits per heavy atom. The maximum atomic E-state index is 12.2. The molecule has 1 unspecified atom stereocenters. The summed E-state index contributed by atoms with van der Waals surface area (Å²) >= 11 is 0. The minimum Gasteiger partial charge on any atom is -0.332 e. The molecule has 2 rings (SSSR count). The van der Waals surface area contributed by atoms with Crippen LogP contribution in [0.15, 0.2) is 30.6 Å². The zero-order chi connectivity index (χ0) is 15.4. The summed E-state index contributed by atoms with van der Waals surface area (Å²) in [4.78, 5) is 17.9. The molecule has 2 heterocycles. The third kappa shape index (κ3) is 3.59. The lowest BCUT2D eigenvalue weighted by molar-refractivity contribution is 0.193. The van der Waals surface area contributed by atoms with E-state index in [0.717, 1.165) is 17.0 Å². The largest absolute Gasteiger partial charge is 0.332 e. The number of pyridine rings is 1. The Morgan fingerprint density at radius 3 is 2.67 bits per heavy atom. The summed E-state index contributed by atoms with van der Waals surface area (Å²) in [6, 6.07) is 5.67. The number of nitrogens with zero attached hydrogens (tertiary/aromatic N) is 4. The van der Waals surface area contributed by atoms with Crippen molar-refractivity contribution >= 4 is 6.03 Å². The molecular weight excluding hydrogens is 266 g/mol. The summed E-state index contributed by atoms with van der Waals surface area (Å²) in [6.45, 7) is 4.38. The van der Waals surface area contributed by atoms with Gasteiger partial charge in [-0.05, 0) is 37.6 Å². The second kappa shape index (κ2) is 6.39. The Labute approximate surface area is 124 Å². The summed E-state index contributed by atoms with van der Waals surface area (Å²) in [5.74, 6) is 0. The van der Waals surface area contributed by atoms with Crippen LogP contribution in [0.3, 0.4) is 0 Å². The number of hydrogen-bond donors (Lipinski definition) is 1. The van der Waals surface area contributed by atoms with Crippen LogP contribution in [-0.4, -0.2) is 32.7 Å². The van der Waals surface area contributed by atoms with Gasteiger partial charge in [0.2, 0.25) is 0 Å². The average molecular weight is 287 g/mol. The lowest BCUT2D eigenvalue weighted by atomic mass is 10.1. The van der Waals surface area contributed by atoms with Crippen molar-refractivity contribution in [2.24, 2.45) is 7.05 Å². The van der Waals surface area contributed by atoms with Crippen LogP contribution in [0.5, 0.6) is 0 Å². The van der Waals surface area contributed by atoms with Crippen molar-refractivity contribution < 1.29 is 4.79 Å². The minimum atomic E-state index is -0.113. The van der Waals surface area contributed by atoms with Gasteiger partial charge >= 0.3 is 6.03 Å². The first kappa shape index (κ1) is 15.0. The predicted octanol–water partition coefficient (Wildman–Crippen LogP) is 2.03. The smallest absolute Gasteiger partial charge is 0.317 e. The molecule has 6 heteroatoms. The van der Waals surface area contributed by atoms with Crippen LogP contribution in [0.4, 0.5) is 4.79 Å². The molecule has 112 valence electrons. The van der Waals surface area contributed by atoms with Crippen LogP contribution < -0.4 is 5.32 Å². The van der Waals surface area contributed by atoms with Crippen molar-refractivity contribution in [3.8, 4) is 0 Å². The van der Waals surface area contributed by atoms with Crippen molar-refractivity contribution in [1.82, 2.24) is 25.0 Å². The van der Waals surface area contributed by atoms with Crippen LogP contribution in [-0.2, 0) is 13.6 Å². The summed E-state index contributed by atoms with van der Waals surface area (Å²) in [6.07, 6.45) is 3.46. The Hall–Kier alpha value is -2.37. The number of hydrogen-bond acceptors (Lipinski definition) is 3. The van der Waals surface area contributed by atoms with E-state index < -0.39 is 0 Å². The van der Waals surface area contributed by atoms with E-state index in [-0.39, 0.29) is 12.1 Å². The summed E-state index contributed by atoms with van der Waals surface area (Å²) in [7, 11) is 3.66. The van der Waals surface area contributed by atoms with Gasteiger partial charge in [-0.1, -0.05) is 0 Å². The molecule has 6 nitrogen and oxygen atoms in total. The second-order valence-corrected chi connectivity index (χ2v) is 5.13. The topological polar surface area (TPSA) is 63.1 Å². The van der Waals surface area contributed by atoms with Crippen molar-refractivity contribution in [2.75, 3.05) is 7.05 Å². The van der Waals surface area contributed by atoms with Crippen molar-refractivity contribution in [1.29, 1.82) is 0 Å². The molecule has 0 aliphatic carbocycles. The van der Waals surface area contributed by atoms with Gasteiger partial charge in [-0.15, -0.1) is 0 Å². The Kier molecular flexibility index (Phi) is 4.57. The molecule has 0 saturated carbocycles. The molecule has 2 aromatic heterocycles. The molecule has 0 bridgehead atoms. The highest BCUT2D eigenvalue weighted by atomic mass is 16.2. The number of aryl methyl sites for hydroxylation is 2. The van der Waals surface area contributed by atoms with Crippen molar-refractivity contribution in [3.63, 3.8) is 0 Å². The first-order chi connectivity index (χ1) is 9.99. The van der Waals surface area contributed by atoms with Crippen LogP contribution in [0, 0.1) is 6.92 Å². The normalized spacial score (nSPS) is 12.0. The molecule has 0 spiro atoms. The molecule has 2 aromatic rings. The Balaban J connectivity index is 1.95. The molecule has 21 heavy (non-hydrogen) atoms. The van der Waals surface area contributed by atoms with Crippen LogP contribution >= 0.6 is 0 Å². The summed E-state index contributed by atoms with van der Waals surface area (Å²) in [5.41, 5.74) is 2.98. The van der Waals surface area contributed by atoms with Gasteiger partial charge in [0.05, 0.1) is 24.0 Å². The number of amides is 2. The van der Waals surface area contributed by atoms with Gasteiger partial charge in [-0.3, -0.25) is 9.67 Å². The fraction of sp³-hybridized carbons (Fsp3) is 0.400. The Bertz CT molecular complexity index is 608. The number of rotatable bonds is 4. The zero-order valence-corrected chi connectivity index (χ0v) is 12.9. The van der Waals surface area contributed by atoms with Gasteiger partial charge in [0.25, 0.3) is 0 Å². The van der Waals surface area contributed by atoms with Crippen LogP contribution in [0.1, 0.15) is 29.9 Å². The first-order valence-corrected chi connectivity index (χ1v) is 6.89. The molecular formula is C15H21N5O. The number of carbonyl (C=O) groups excluding carboxylic acids is 1. The van der Waals surface area contributed by atoms with Gasteiger partial charge in [0.1, 0.15) is 0 Å². The highest BCUT2D eigenvalue weighted by Crippen LogP contribution is 2.17. The van der Waals surface area contributed by atoms with E-state index in [1.165, 1.54) is 0 Å². The lowest BCUT2D eigenvalue weighted by Gasteiger charge is -2.25. The molecule has 0 radical (unpaired) electrons. The van der Waals surface area contributed by atoms with Gasteiger partial charge in [0.15, 0.2) is 0 Å². The van der Waals surface area contributed by atoms with E-state index in [1.807, 2.05) is 39.1 Å². The number of carbonyl (C=O) groups is 1. The molecule has 0 fully saturated rings. The maximum absolute atomic E-state index is 12.2. The maximum Gasteiger partial charge on any atom is 0.317 e. The van der Waals surface area contributed by atoms with Crippen LogP contribution in [0.25, 0.3) is 0 Å². The van der Waals surface area contributed by atoms with E-state index >= 15 is 0 Å². The average Bonchev–Trinajstić information content (AvgIpc) is 2.82. The number of urea groups is 1. The van der Waals surface area contributed by atoms with Crippen molar-refractivity contribution in [3.05, 3.63) is 47.5 Å². The monoisotopic (exact) mass is 287 g/mol. The fourth-order valence-corrected chi connectivity index (χ4v) is 2.16. The standard InChI is InChI=1S/C15H21N5O/c1-11-9-14(20(4)18-11)10-17-15(21)19(3)12(2)13-5-7-16-8-6-13/h5-9,12H,10H2,1-4H3,(H,17,21). The molecule has 0 aliphatic rings. The molecule has 0 saturated heterocycles. The highest BCUT2D eigenvalue weighted by molar-refractivity contribution is 5.74. The van der Waals surface area contributed by atoms with E-state index in [9.17, 15) is 4.79 Å². The second-order valence-electron chi connectivity index (χ2n) is 5.13. The van der Waals surface area contributed by atoms with E-state index in [1.54, 1.807) is 29.0 Å². The van der Waals surface area contributed by atoms with E-state index in [0.29, 0.717) is 6.54 Å².